The number of rotatable bonds is 6. The molecule has 1 aromatic carbocycles. The summed E-state index contributed by atoms with van der Waals surface area (Å²) in [7, 11) is 0. The molecule has 0 fully saturated rings. The SMILES string of the molecule is CCc1ccc(-n2nc(C(=O)N(CC)CC(=O)O)c3c2CCC3)cc1. The van der Waals surface area contributed by atoms with Gasteiger partial charge in [-0.25, -0.2) is 4.68 Å². The van der Waals surface area contributed by atoms with Crippen molar-refractivity contribution in [3.63, 3.8) is 0 Å². The summed E-state index contributed by atoms with van der Waals surface area (Å²) in [5.74, 6) is -1.31. The predicted octanol–water partition coefficient (Wildman–Crippen LogP) is 2.47. The Balaban J connectivity index is 1.99. The summed E-state index contributed by atoms with van der Waals surface area (Å²) >= 11 is 0. The number of carbonyl (C=O) groups is 2. The second-order valence-corrected chi connectivity index (χ2v) is 6.27. The van der Waals surface area contributed by atoms with Crippen molar-refractivity contribution in [1.82, 2.24) is 14.7 Å². The Morgan fingerprint density at radius 1 is 1.20 bits per heavy atom. The number of aliphatic carboxylic acids is 1. The largest absolute Gasteiger partial charge is 0.480 e. The quantitative estimate of drug-likeness (QED) is 0.876. The van der Waals surface area contributed by atoms with Crippen LogP contribution in [0.5, 0.6) is 0 Å². The number of aromatic nitrogens is 2. The summed E-state index contributed by atoms with van der Waals surface area (Å²) in [5.41, 5.74) is 4.63. The zero-order valence-corrected chi connectivity index (χ0v) is 14.7. The molecule has 1 aliphatic carbocycles. The molecule has 1 heterocycles. The molecule has 6 heteroatoms. The van der Waals surface area contributed by atoms with Crippen molar-refractivity contribution in [2.75, 3.05) is 13.1 Å². The molecule has 0 spiro atoms. The second kappa shape index (κ2) is 7.09. The molecule has 0 saturated heterocycles. The van der Waals surface area contributed by atoms with Crippen molar-refractivity contribution < 1.29 is 14.7 Å². The first-order valence-electron chi connectivity index (χ1n) is 8.76. The number of benzene rings is 1. The van der Waals surface area contributed by atoms with Crippen LogP contribution in [0.3, 0.4) is 0 Å². The van der Waals surface area contributed by atoms with Crippen LogP contribution in [-0.4, -0.2) is 44.8 Å². The average Bonchev–Trinajstić information content (AvgIpc) is 3.21. The minimum absolute atomic E-state index is 0.299. The molecule has 1 aromatic heterocycles. The van der Waals surface area contributed by atoms with Gasteiger partial charge in [0.1, 0.15) is 6.54 Å². The molecule has 0 bridgehead atoms. The van der Waals surface area contributed by atoms with E-state index in [4.69, 9.17) is 5.11 Å². The van der Waals surface area contributed by atoms with Gasteiger partial charge in [0.15, 0.2) is 5.69 Å². The molecular formula is C19H23N3O3. The Hall–Kier alpha value is -2.63. The number of nitrogens with zero attached hydrogens (tertiary/aromatic N) is 3. The van der Waals surface area contributed by atoms with Crippen LogP contribution in [0.4, 0.5) is 0 Å². The Kier molecular flexibility index (Phi) is 4.88. The highest BCUT2D eigenvalue weighted by Crippen LogP contribution is 2.28. The smallest absolute Gasteiger partial charge is 0.323 e. The van der Waals surface area contributed by atoms with Gasteiger partial charge in [-0.2, -0.15) is 5.10 Å². The van der Waals surface area contributed by atoms with Crippen molar-refractivity contribution >= 4 is 11.9 Å². The van der Waals surface area contributed by atoms with Gasteiger partial charge in [-0.15, -0.1) is 0 Å². The van der Waals surface area contributed by atoms with Crippen LogP contribution in [0.1, 0.15) is 47.6 Å². The lowest BCUT2D eigenvalue weighted by molar-refractivity contribution is -0.137. The summed E-state index contributed by atoms with van der Waals surface area (Å²) in [4.78, 5) is 25.1. The van der Waals surface area contributed by atoms with Gasteiger partial charge in [-0.3, -0.25) is 9.59 Å². The molecule has 0 aliphatic heterocycles. The van der Waals surface area contributed by atoms with Crippen LogP contribution < -0.4 is 0 Å². The van der Waals surface area contributed by atoms with Gasteiger partial charge in [0, 0.05) is 17.8 Å². The second-order valence-electron chi connectivity index (χ2n) is 6.27. The van der Waals surface area contributed by atoms with Crippen molar-refractivity contribution in [2.45, 2.75) is 39.5 Å². The molecule has 1 aliphatic rings. The van der Waals surface area contributed by atoms with Gasteiger partial charge in [-0.1, -0.05) is 19.1 Å². The molecule has 0 unspecified atom stereocenters. The van der Waals surface area contributed by atoms with Gasteiger partial charge in [0.05, 0.1) is 5.69 Å². The first kappa shape index (κ1) is 17.2. The van der Waals surface area contributed by atoms with E-state index >= 15 is 0 Å². The Morgan fingerprint density at radius 2 is 1.92 bits per heavy atom. The first-order chi connectivity index (χ1) is 12.0. The monoisotopic (exact) mass is 341 g/mol. The molecule has 1 amide bonds. The Bertz CT molecular complexity index is 793. The van der Waals surface area contributed by atoms with E-state index in [0.717, 1.165) is 42.6 Å². The third kappa shape index (κ3) is 3.29. The number of aryl methyl sites for hydroxylation is 1. The topological polar surface area (TPSA) is 75.4 Å². The van der Waals surface area contributed by atoms with Crippen LogP contribution >= 0.6 is 0 Å². The van der Waals surface area contributed by atoms with E-state index in [2.05, 4.69) is 24.2 Å². The van der Waals surface area contributed by atoms with E-state index in [0.29, 0.717) is 12.2 Å². The highest BCUT2D eigenvalue weighted by molar-refractivity contribution is 5.96. The number of carbonyl (C=O) groups excluding carboxylic acids is 1. The highest BCUT2D eigenvalue weighted by Gasteiger charge is 2.29. The number of hydrogen-bond acceptors (Lipinski definition) is 3. The summed E-state index contributed by atoms with van der Waals surface area (Å²) in [5, 5.41) is 13.6. The van der Waals surface area contributed by atoms with Crippen molar-refractivity contribution in [3.05, 3.63) is 46.8 Å². The molecule has 0 saturated carbocycles. The third-order valence-corrected chi connectivity index (χ3v) is 4.72. The molecule has 1 N–H and O–H groups in total. The summed E-state index contributed by atoms with van der Waals surface area (Å²) < 4.78 is 1.85. The van der Waals surface area contributed by atoms with Crippen molar-refractivity contribution in [1.29, 1.82) is 0 Å². The molecule has 6 nitrogen and oxygen atoms in total. The van der Waals surface area contributed by atoms with Gasteiger partial charge in [0.25, 0.3) is 5.91 Å². The molecule has 0 atom stereocenters. The molecular weight excluding hydrogens is 318 g/mol. The number of hydrogen-bond donors (Lipinski definition) is 1. The molecule has 0 radical (unpaired) electrons. The van der Waals surface area contributed by atoms with E-state index in [1.807, 2.05) is 16.8 Å². The molecule has 25 heavy (non-hydrogen) atoms. The minimum atomic E-state index is -1.01. The lowest BCUT2D eigenvalue weighted by Gasteiger charge is -2.17. The maximum atomic E-state index is 12.8. The van der Waals surface area contributed by atoms with Gasteiger partial charge < -0.3 is 10.0 Å². The molecule has 132 valence electrons. The minimum Gasteiger partial charge on any atom is -0.480 e. The lowest BCUT2D eigenvalue weighted by Crippen LogP contribution is -2.36. The van der Waals surface area contributed by atoms with Crippen molar-refractivity contribution in [2.24, 2.45) is 0 Å². The highest BCUT2D eigenvalue weighted by atomic mass is 16.4. The lowest BCUT2D eigenvalue weighted by atomic mass is 10.1. The van der Waals surface area contributed by atoms with Gasteiger partial charge >= 0.3 is 5.97 Å². The van der Waals surface area contributed by atoms with E-state index < -0.39 is 5.97 Å². The average molecular weight is 341 g/mol. The summed E-state index contributed by atoms with van der Waals surface area (Å²) in [6, 6.07) is 8.19. The molecule has 3 rings (SSSR count). The number of amides is 1. The van der Waals surface area contributed by atoms with E-state index in [-0.39, 0.29) is 12.5 Å². The summed E-state index contributed by atoms with van der Waals surface area (Å²) in [6.45, 7) is 3.93. The van der Waals surface area contributed by atoms with Crippen molar-refractivity contribution in [3.8, 4) is 5.69 Å². The molecule has 2 aromatic rings. The number of fused-ring (bicyclic) bond motifs is 1. The van der Waals surface area contributed by atoms with Crippen LogP contribution in [0.2, 0.25) is 0 Å². The Labute approximate surface area is 147 Å². The fourth-order valence-corrected chi connectivity index (χ4v) is 3.34. The Morgan fingerprint density at radius 3 is 2.52 bits per heavy atom. The predicted molar refractivity (Wildman–Crippen MR) is 94.2 cm³/mol. The van der Waals surface area contributed by atoms with Crippen LogP contribution in [0.25, 0.3) is 5.69 Å². The van der Waals surface area contributed by atoms with Gasteiger partial charge in [0.2, 0.25) is 0 Å². The normalized spacial score (nSPS) is 12.9. The van der Waals surface area contributed by atoms with E-state index in [1.54, 1.807) is 6.92 Å². The van der Waals surface area contributed by atoms with Crippen LogP contribution in [0, 0.1) is 0 Å². The zero-order chi connectivity index (χ0) is 18.0. The maximum Gasteiger partial charge on any atom is 0.323 e. The zero-order valence-electron chi connectivity index (χ0n) is 14.7. The number of carboxylic acids is 1. The standard InChI is InChI=1S/C19H23N3O3/c1-3-13-8-10-14(11-9-13)22-16-7-5-6-15(16)18(20-22)19(25)21(4-2)12-17(23)24/h8-11H,3-7,12H2,1-2H3,(H,23,24). The van der Waals surface area contributed by atoms with Crippen LogP contribution in [0.15, 0.2) is 24.3 Å². The van der Waals surface area contributed by atoms with E-state index in [9.17, 15) is 9.59 Å². The fraction of sp³-hybridized carbons (Fsp3) is 0.421. The number of carboxylic acid groups (broad SMARTS) is 1. The number of likely N-dealkylation sites (N-methyl/N-ethyl adjacent to an activating group) is 1. The van der Waals surface area contributed by atoms with Gasteiger partial charge in [-0.05, 0) is 50.3 Å². The maximum absolute atomic E-state index is 12.8. The van der Waals surface area contributed by atoms with Crippen LogP contribution in [-0.2, 0) is 24.1 Å². The fourth-order valence-electron chi connectivity index (χ4n) is 3.34. The van der Waals surface area contributed by atoms with E-state index in [1.165, 1.54) is 10.5 Å². The third-order valence-electron chi connectivity index (χ3n) is 4.72. The summed E-state index contributed by atoms with van der Waals surface area (Å²) in [6.07, 6.45) is 3.66. The first-order valence-corrected chi connectivity index (χ1v) is 8.76.